The van der Waals surface area contributed by atoms with Crippen LogP contribution in [0.4, 0.5) is 4.39 Å². The second-order valence-electron chi connectivity index (χ2n) is 7.52. The third kappa shape index (κ3) is 3.71. The van der Waals surface area contributed by atoms with Crippen LogP contribution >= 0.6 is 11.6 Å². The number of halogens is 2. The van der Waals surface area contributed by atoms with Crippen molar-refractivity contribution in [2.45, 2.75) is 13.0 Å². The lowest BCUT2D eigenvalue weighted by Gasteiger charge is -2.38. The lowest BCUT2D eigenvalue weighted by molar-refractivity contribution is -0.134. The molecular formula is C23H20ClFN2O3. The highest BCUT2D eigenvalue weighted by atomic mass is 35.5. The topological polar surface area (TPSA) is 62.5 Å². The molecule has 1 aromatic heterocycles. The number of ketones is 1. The summed E-state index contributed by atoms with van der Waals surface area (Å²) in [4.78, 5) is 25.8. The molecule has 30 heavy (non-hydrogen) atoms. The maximum atomic E-state index is 14.5. The van der Waals surface area contributed by atoms with E-state index in [4.69, 9.17) is 11.6 Å². The second kappa shape index (κ2) is 7.95. The minimum atomic E-state index is -0.554. The Bertz CT molecular complexity index is 1140. The van der Waals surface area contributed by atoms with Gasteiger partial charge in [0, 0.05) is 53.1 Å². The van der Waals surface area contributed by atoms with E-state index in [0.717, 1.165) is 5.52 Å². The maximum Gasteiger partial charge on any atom is 0.245 e. The molecular weight excluding hydrogens is 407 g/mol. The largest absolute Gasteiger partial charge is 0.507 e. The Morgan fingerprint density at radius 2 is 2.03 bits per heavy atom. The van der Waals surface area contributed by atoms with Gasteiger partial charge in [-0.1, -0.05) is 24.2 Å². The Hall–Kier alpha value is -3.12. The molecule has 0 unspecified atom stereocenters. The average Bonchev–Trinajstić information content (AvgIpc) is 3.00. The summed E-state index contributed by atoms with van der Waals surface area (Å²) in [5.74, 6) is -0.709. The highest BCUT2D eigenvalue weighted by Gasteiger charge is 2.31. The van der Waals surface area contributed by atoms with E-state index in [0.29, 0.717) is 35.5 Å². The quantitative estimate of drug-likeness (QED) is 0.594. The maximum absolute atomic E-state index is 14.5. The van der Waals surface area contributed by atoms with Crippen molar-refractivity contribution in [3.63, 3.8) is 0 Å². The summed E-state index contributed by atoms with van der Waals surface area (Å²) in [7, 11) is 0. The molecule has 4 rings (SSSR count). The van der Waals surface area contributed by atoms with Crippen LogP contribution in [0.25, 0.3) is 22.0 Å². The Kier molecular flexibility index (Phi) is 5.35. The predicted molar refractivity (Wildman–Crippen MR) is 114 cm³/mol. The summed E-state index contributed by atoms with van der Waals surface area (Å²) in [6.07, 6.45) is 3.30. The predicted octanol–water partition coefficient (Wildman–Crippen LogP) is 4.41. The van der Waals surface area contributed by atoms with E-state index in [-0.39, 0.29) is 35.5 Å². The lowest BCUT2D eigenvalue weighted by Crippen LogP contribution is -2.50. The molecule has 0 saturated carbocycles. The summed E-state index contributed by atoms with van der Waals surface area (Å²) in [6, 6.07) is 9.32. The fourth-order valence-electron chi connectivity index (χ4n) is 3.96. The van der Waals surface area contributed by atoms with Gasteiger partial charge < -0.3 is 14.6 Å². The molecule has 1 amide bonds. The van der Waals surface area contributed by atoms with E-state index in [1.807, 2.05) is 0 Å². The molecule has 1 fully saturated rings. The van der Waals surface area contributed by atoms with Gasteiger partial charge in [0.15, 0.2) is 5.78 Å². The van der Waals surface area contributed by atoms with Crippen LogP contribution in [0.3, 0.4) is 0 Å². The molecule has 7 heteroatoms. The molecule has 0 atom stereocenters. The number of carbonyl (C=O) groups excluding carboxylic acids is 2. The molecule has 5 nitrogen and oxygen atoms in total. The highest BCUT2D eigenvalue weighted by Crippen LogP contribution is 2.38. The van der Waals surface area contributed by atoms with Crippen molar-refractivity contribution in [2.75, 3.05) is 13.1 Å². The number of aromatic hydroxyl groups is 1. The number of phenols is 1. The van der Waals surface area contributed by atoms with Crippen molar-refractivity contribution in [3.05, 3.63) is 66.1 Å². The van der Waals surface area contributed by atoms with E-state index in [2.05, 4.69) is 6.58 Å². The summed E-state index contributed by atoms with van der Waals surface area (Å²) in [5.41, 5.74) is 1.28. The van der Waals surface area contributed by atoms with Gasteiger partial charge in [-0.15, -0.1) is 0 Å². The van der Waals surface area contributed by atoms with Crippen LogP contribution in [0.1, 0.15) is 6.42 Å². The van der Waals surface area contributed by atoms with Crippen LogP contribution in [-0.4, -0.2) is 39.4 Å². The number of Topliss-reactive ketones (excluding diaryl/α,β-unsaturated/α-hetero) is 1. The monoisotopic (exact) mass is 426 g/mol. The number of hydrogen-bond donors (Lipinski definition) is 1. The highest BCUT2D eigenvalue weighted by molar-refractivity contribution is 6.31. The van der Waals surface area contributed by atoms with E-state index < -0.39 is 5.82 Å². The van der Waals surface area contributed by atoms with E-state index >= 15 is 0 Å². The molecule has 2 aromatic carbocycles. The first kappa shape index (κ1) is 20.2. The van der Waals surface area contributed by atoms with E-state index in [9.17, 15) is 19.1 Å². The Morgan fingerprint density at radius 3 is 2.73 bits per heavy atom. The first-order chi connectivity index (χ1) is 14.4. The molecule has 3 aromatic rings. The lowest BCUT2D eigenvalue weighted by atomic mass is 9.94. The average molecular weight is 427 g/mol. The zero-order valence-electron chi connectivity index (χ0n) is 16.1. The summed E-state index contributed by atoms with van der Waals surface area (Å²) >= 11 is 6.15. The number of fused-ring (bicyclic) bond motifs is 1. The van der Waals surface area contributed by atoms with Gasteiger partial charge in [-0.3, -0.25) is 9.59 Å². The Balaban J connectivity index is 1.60. The summed E-state index contributed by atoms with van der Waals surface area (Å²) in [6.45, 7) is 4.67. The van der Waals surface area contributed by atoms with Crippen LogP contribution in [0.5, 0.6) is 5.75 Å². The van der Waals surface area contributed by atoms with Crippen LogP contribution < -0.4 is 0 Å². The molecule has 0 spiro atoms. The van der Waals surface area contributed by atoms with Gasteiger partial charge in [0.25, 0.3) is 0 Å². The smallest absolute Gasteiger partial charge is 0.245 e. The van der Waals surface area contributed by atoms with Gasteiger partial charge in [0.2, 0.25) is 5.91 Å². The van der Waals surface area contributed by atoms with Gasteiger partial charge in [0.05, 0.1) is 12.1 Å². The second-order valence-corrected chi connectivity index (χ2v) is 7.96. The molecule has 1 aliphatic rings. The van der Waals surface area contributed by atoms with Crippen molar-refractivity contribution in [2.24, 2.45) is 5.92 Å². The Morgan fingerprint density at radius 1 is 1.27 bits per heavy atom. The molecule has 154 valence electrons. The number of amides is 1. The third-order valence-electron chi connectivity index (χ3n) is 5.41. The zero-order chi connectivity index (χ0) is 21.4. The van der Waals surface area contributed by atoms with Crippen molar-refractivity contribution < 1.29 is 19.1 Å². The molecule has 2 heterocycles. The normalized spacial score (nSPS) is 14.0. The van der Waals surface area contributed by atoms with Crippen molar-refractivity contribution in [3.8, 4) is 16.9 Å². The molecule has 0 aliphatic carbocycles. The number of carbonyl (C=O) groups is 2. The van der Waals surface area contributed by atoms with Crippen LogP contribution in [-0.2, 0) is 16.1 Å². The number of aromatic nitrogens is 1. The van der Waals surface area contributed by atoms with Gasteiger partial charge in [-0.05, 0) is 36.4 Å². The minimum Gasteiger partial charge on any atom is -0.507 e. The molecule has 0 radical (unpaired) electrons. The van der Waals surface area contributed by atoms with Crippen LogP contribution in [0, 0.1) is 11.7 Å². The zero-order valence-corrected chi connectivity index (χ0v) is 16.9. The third-order valence-corrected chi connectivity index (χ3v) is 5.65. The van der Waals surface area contributed by atoms with Crippen LogP contribution in [0.2, 0.25) is 5.02 Å². The fourth-order valence-corrected chi connectivity index (χ4v) is 4.14. The van der Waals surface area contributed by atoms with Gasteiger partial charge >= 0.3 is 0 Å². The molecule has 0 bridgehead atoms. The van der Waals surface area contributed by atoms with Crippen molar-refractivity contribution in [1.82, 2.24) is 9.47 Å². The fraction of sp³-hybridized carbons (Fsp3) is 0.217. The standard InChI is InChI=1S/C23H20ClFN2O3/c1-2-22(30)27-10-14(11-27)8-16(28)12-26-13-18(17-9-15(24)6-7-20(17)26)23-19(25)4-3-5-21(23)29/h2-7,9,13-14,29H,1,8,10-12H2. The van der Waals surface area contributed by atoms with E-state index in [1.54, 1.807) is 33.9 Å². The number of phenolic OH excluding ortho intramolecular Hbond substituents is 1. The van der Waals surface area contributed by atoms with Crippen LogP contribution in [0.15, 0.2) is 55.3 Å². The number of nitrogens with zero attached hydrogens (tertiary/aromatic N) is 2. The SMILES string of the molecule is C=CC(=O)N1CC(CC(=O)Cn2cc(-c3c(O)cccc3F)c3cc(Cl)ccc32)C1. The summed E-state index contributed by atoms with van der Waals surface area (Å²) < 4.78 is 16.2. The van der Waals surface area contributed by atoms with E-state index in [1.165, 1.54) is 24.3 Å². The van der Waals surface area contributed by atoms with Gasteiger partial charge in [0.1, 0.15) is 11.6 Å². The first-order valence-corrected chi connectivity index (χ1v) is 9.94. The summed E-state index contributed by atoms with van der Waals surface area (Å²) in [5, 5.41) is 11.4. The molecule has 1 saturated heterocycles. The first-order valence-electron chi connectivity index (χ1n) is 9.56. The minimum absolute atomic E-state index is 0.0156. The molecule has 1 aliphatic heterocycles. The number of likely N-dealkylation sites (tertiary alicyclic amines) is 1. The number of rotatable bonds is 6. The molecule has 1 N–H and O–H groups in total. The van der Waals surface area contributed by atoms with Gasteiger partial charge in [-0.25, -0.2) is 4.39 Å². The van der Waals surface area contributed by atoms with Crippen molar-refractivity contribution in [1.29, 1.82) is 0 Å². The van der Waals surface area contributed by atoms with Crippen molar-refractivity contribution >= 4 is 34.2 Å². The number of benzene rings is 2. The Labute approximate surface area is 178 Å². The van der Waals surface area contributed by atoms with Gasteiger partial charge in [-0.2, -0.15) is 0 Å². The number of hydrogen-bond acceptors (Lipinski definition) is 3.